The second kappa shape index (κ2) is 12.6. The molecule has 1 unspecified atom stereocenters. The number of carbonyl (C=O) groups excluding carboxylic acids is 3. The lowest BCUT2D eigenvalue weighted by Gasteiger charge is -2.32. The Morgan fingerprint density at radius 3 is 2.17 bits per heavy atom. The third-order valence-corrected chi connectivity index (χ3v) is 6.02. The molecule has 0 saturated heterocycles. The minimum atomic E-state index is -1.13. The van der Waals surface area contributed by atoms with Crippen LogP contribution in [0.25, 0.3) is 0 Å². The van der Waals surface area contributed by atoms with Gasteiger partial charge in [0, 0.05) is 6.42 Å². The van der Waals surface area contributed by atoms with Crippen molar-refractivity contribution in [3.05, 3.63) is 71.8 Å². The van der Waals surface area contributed by atoms with E-state index >= 15 is 0 Å². The van der Waals surface area contributed by atoms with Gasteiger partial charge in [-0.2, -0.15) is 5.26 Å². The van der Waals surface area contributed by atoms with Gasteiger partial charge in [-0.3, -0.25) is 4.79 Å². The molecule has 1 aliphatic rings. The van der Waals surface area contributed by atoms with Crippen molar-refractivity contribution in [2.24, 2.45) is 0 Å². The second-order valence-corrected chi connectivity index (χ2v) is 8.77. The van der Waals surface area contributed by atoms with Gasteiger partial charge in [-0.25, -0.2) is 9.59 Å². The maximum atomic E-state index is 13.0. The summed E-state index contributed by atoms with van der Waals surface area (Å²) in [6, 6.07) is 19.5. The lowest BCUT2D eigenvalue weighted by molar-refractivity contribution is -0.157. The highest BCUT2D eigenvalue weighted by atomic mass is 16.6. The Balaban J connectivity index is 1.62. The summed E-state index contributed by atoms with van der Waals surface area (Å²) in [6.45, 7) is 1.50. The summed E-state index contributed by atoms with van der Waals surface area (Å²) in [6.07, 6.45) is 2.15. The van der Waals surface area contributed by atoms with E-state index in [0.29, 0.717) is 12.8 Å². The molecule has 2 aromatic carbocycles. The van der Waals surface area contributed by atoms with Crippen LogP contribution in [-0.2, 0) is 32.1 Å². The van der Waals surface area contributed by atoms with E-state index in [-0.39, 0.29) is 13.0 Å². The van der Waals surface area contributed by atoms with Gasteiger partial charge in [-0.15, -0.1) is 0 Å². The number of ether oxygens (including phenoxy) is 2. The molecule has 1 saturated carbocycles. The molecule has 2 aromatic rings. The van der Waals surface area contributed by atoms with Gasteiger partial charge in [0.2, 0.25) is 0 Å². The first-order chi connectivity index (χ1) is 16.9. The molecule has 0 radical (unpaired) electrons. The average molecular weight is 478 g/mol. The summed E-state index contributed by atoms with van der Waals surface area (Å²) < 4.78 is 10.7. The number of esters is 1. The molecule has 3 rings (SSSR count). The van der Waals surface area contributed by atoms with E-state index in [4.69, 9.17) is 9.47 Å². The minimum Gasteiger partial charge on any atom is -0.451 e. The third-order valence-electron chi connectivity index (χ3n) is 6.02. The van der Waals surface area contributed by atoms with E-state index in [0.717, 1.165) is 30.4 Å². The lowest BCUT2D eigenvalue weighted by Crippen LogP contribution is -2.53. The number of nitrogens with one attached hydrogen (secondary N) is 2. The first-order valence-electron chi connectivity index (χ1n) is 11.9. The second-order valence-electron chi connectivity index (χ2n) is 8.77. The molecule has 35 heavy (non-hydrogen) atoms. The first kappa shape index (κ1) is 25.8. The molecule has 1 fully saturated rings. The Morgan fingerprint density at radius 1 is 0.971 bits per heavy atom. The van der Waals surface area contributed by atoms with Crippen molar-refractivity contribution in [1.82, 2.24) is 10.6 Å². The average Bonchev–Trinajstić information content (AvgIpc) is 2.88. The van der Waals surface area contributed by atoms with Crippen molar-refractivity contribution < 1.29 is 23.9 Å². The predicted molar refractivity (Wildman–Crippen MR) is 129 cm³/mol. The third kappa shape index (κ3) is 7.85. The van der Waals surface area contributed by atoms with Gasteiger partial charge in [0.15, 0.2) is 6.10 Å². The molecule has 8 heteroatoms. The van der Waals surface area contributed by atoms with Crippen LogP contribution in [0.5, 0.6) is 0 Å². The fourth-order valence-electron chi connectivity index (χ4n) is 4.02. The number of carbonyl (C=O) groups is 3. The molecule has 8 nitrogen and oxygen atoms in total. The Morgan fingerprint density at radius 2 is 1.57 bits per heavy atom. The largest absolute Gasteiger partial charge is 0.451 e. The van der Waals surface area contributed by atoms with E-state index in [9.17, 15) is 19.6 Å². The summed E-state index contributed by atoms with van der Waals surface area (Å²) in [5, 5.41) is 14.9. The predicted octanol–water partition coefficient (Wildman–Crippen LogP) is 3.80. The SMILES string of the molecule is CC(OC(=O)[C@H](Cc1ccccc1)NC(=O)OCc1ccccc1)C(=O)NC1(C#N)CCCCC1. The summed E-state index contributed by atoms with van der Waals surface area (Å²) in [7, 11) is 0. The summed E-state index contributed by atoms with van der Waals surface area (Å²) in [4.78, 5) is 38.1. The zero-order valence-electron chi connectivity index (χ0n) is 19.9. The number of rotatable bonds is 9. The van der Waals surface area contributed by atoms with Crippen molar-refractivity contribution in [2.45, 2.75) is 69.7 Å². The van der Waals surface area contributed by atoms with Gasteiger partial charge in [-0.1, -0.05) is 79.9 Å². The van der Waals surface area contributed by atoms with Crippen LogP contribution in [0.4, 0.5) is 4.79 Å². The van der Waals surface area contributed by atoms with Gasteiger partial charge in [0.1, 0.15) is 18.2 Å². The van der Waals surface area contributed by atoms with Gasteiger partial charge in [-0.05, 0) is 30.9 Å². The van der Waals surface area contributed by atoms with Crippen LogP contribution in [0, 0.1) is 11.3 Å². The summed E-state index contributed by atoms with van der Waals surface area (Å²) in [5.74, 6) is -1.30. The standard InChI is InChI=1S/C27H31N3O5/c1-20(24(31)30-27(19-28)15-9-4-10-16-27)35-25(32)23(17-21-11-5-2-6-12-21)29-26(33)34-18-22-13-7-3-8-14-22/h2-3,5-8,11-14,20,23H,4,9-10,15-18H2,1H3,(H,29,33)(H,30,31)/t20?,23-/m0/s1. The number of benzene rings is 2. The topological polar surface area (TPSA) is 118 Å². The fraction of sp³-hybridized carbons (Fsp3) is 0.407. The van der Waals surface area contributed by atoms with Crippen LogP contribution < -0.4 is 10.6 Å². The highest BCUT2D eigenvalue weighted by Gasteiger charge is 2.36. The molecule has 0 aromatic heterocycles. The van der Waals surface area contributed by atoms with Gasteiger partial charge >= 0.3 is 12.1 Å². The van der Waals surface area contributed by atoms with Crippen LogP contribution in [0.3, 0.4) is 0 Å². The molecular formula is C27H31N3O5. The van der Waals surface area contributed by atoms with Crippen molar-refractivity contribution in [3.8, 4) is 6.07 Å². The summed E-state index contributed by atoms with van der Waals surface area (Å²) in [5.41, 5.74) is 0.684. The van der Waals surface area contributed by atoms with Gasteiger partial charge in [0.05, 0.1) is 6.07 Å². The zero-order chi connectivity index (χ0) is 25.1. The van der Waals surface area contributed by atoms with E-state index < -0.39 is 35.7 Å². The van der Waals surface area contributed by atoms with Crippen LogP contribution in [0.2, 0.25) is 0 Å². The fourth-order valence-corrected chi connectivity index (χ4v) is 4.02. The number of nitrogens with zero attached hydrogens (tertiary/aromatic N) is 1. The Bertz CT molecular complexity index is 1030. The van der Waals surface area contributed by atoms with E-state index in [1.165, 1.54) is 6.92 Å². The lowest BCUT2D eigenvalue weighted by atomic mass is 9.83. The Hall–Kier alpha value is -3.86. The van der Waals surface area contributed by atoms with Crippen molar-refractivity contribution >= 4 is 18.0 Å². The zero-order valence-corrected chi connectivity index (χ0v) is 19.9. The maximum absolute atomic E-state index is 13.0. The van der Waals surface area contributed by atoms with Crippen molar-refractivity contribution in [2.75, 3.05) is 0 Å². The van der Waals surface area contributed by atoms with E-state index in [1.54, 1.807) is 0 Å². The molecule has 0 bridgehead atoms. The van der Waals surface area contributed by atoms with Crippen LogP contribution in [-0.4, -0.2) is 35.7 Å². The molecule has 2 N–H and O–H groups in total. The minimum absolute atomic E-state index is 0.0504. The normalized spacial score (nSPS) is 16.1. The number of amides is 2. The first-order valence-corrected chi connectivity index (χ1v) is 11.9. The Labute approximate surface area is 205 Å². The highest BCUT2D eigenvalue weighted by molar-refractivity contribution is 5.87. The van der Waals surface area contributed by atoms with E-state index in [2.05, 4.69) is 16.7 Å². The highest BCUT2D eigenvalue weighted by Crippen LogP contribution is 2.27. The smallest absolute Gasteiger partial charge is 0.408 e. The monoisotopic (exact) mass is 477 g/mol. The van der Waals surface area contributed by atoms with E-state index in [1.807, 2.05) is 60.7 Å². The van der Waals surface area contributed by atoms with Crippen molar-refractivity contribution in [1.29, 1.82) is 5.26 Å². The number of hydrogen-bond donors (Lipinski definition) is 2. The van der Waals surface area contributed by atoms with Crippen LogP contribution >= 0.6 is 0 Å². The molecule has 0 heterocycles. The number of alkyl carbamates (subject to hydrolysis) is 1. The quantitative estimate of drug-likeness (QED) is 0.531. The molecule has 0 spiro atoms. The Kier molecular flexibility index (Phi) is 9.24. The summed E-state index contributed by atoms with van der Waals surface area (Å²) >= 11 is 0. The maximum Gasteiger partial charge on any atom is 0.408 e. The number of nitriles is 1. The van der Waals surface area contributed by atoms with Crippen LogP contribution in [0.1, 0.15) is 50.2 Å². The van der Waals surface area contributed by atoms with Crippen molar-refractivity contribution in [3.63, 3.8) is 0 Å². The molecular weight excluding hydrogens is 446 g/mol. The molecule has 2 atom stereocenters. The molecule has 2 amide bonds. The number of hydrogen-bond acceptors (Lipinski definition) is 6. The molecule has 184 valence electrons. The molecule has 0 aliphatic heterocycles. The molecule has 1 aliphatic carbocycles. The van der Waals surface area contributed by atoms with Crippen LogP contribution in [0.15, 0.2) is 60.7 Å². The van der Waals surface area contributed by atoms with Gasteiger partial charge < -0.3 is 20.1 Å². The van der Waals surface area contributed by atoms with Gasteiger partial charge in [0.25, 0.3) is 5.91 Å².